The molecule has 2 fully saturated rings. The van der Waals surface area contributed by atoms with Gasteiger partial charge in [-0.05, 0) is 57.4 Å². The maximum atomic E-state index is 13.3. The molecule has 0 aliphatic carbocycles. The van der Waals surface area contributed by atoms with Crippen LogP contribution < -0.4 is 10.9 Å². The molecule has 0 spiro atoms. The first-order valence-corrected chi connectivity index (χ1v) is 13.5. The van der Waals surface area contributed by atoms with Gasteiger partial charge in [-0.15, -0.1) is 0 Å². The molecule has 2 aromatic rings. The Balaban J connectivity index is 1.57. The molecule has 0 radical (unpaired) electrons. The molecule has 1 aromatic heterocycles. The van der Waals surface area contributed by atoms with Gasteiger partial charge in [0, 0.05) is 49.2 Å². The summed E-state index contributed by atoms with van der Waals surface area (Å²) in [5.41, 5.74) is 0.265. The first-order valence-electron chi connectivity index (χ1n) is 12.1. The van der Waals surface area contributed by atoms with E-state index in [4.69, 9.17) is 0 Å². The molecule has 9 heteroatoms. The van der Waals surface area contributed by atoms with Gasteiger partial charge < -0.3 is 10.3 Å². The number of rotatable bonds is 6. The van der Waals surface area contributed by atoms with Gasteiger partial charge in [0.25, 0.3) is 5.91 Å². The number of piperidine rings is 1. The standard InChI is InChI=1S/C24H34N4O4S/c1-18-8-4-7-12-27(18)15-11-25-24(30)21-17-23(29)26-22-10-9-19(16-20(21)22)33(31,32)28-13-5-2-3-6-14-28/h9-10,16-18H,2-8,11-15H2,1H3,(H,25,30)(H,26,29)/t18-/m1/s1. The zero-order chi connectivity index (χ0) is 23.4. The smallest absolute Gasteiger partial charge is 0.252 e. The quantitative estimate of drug-likeness (QED) is 0.670. The van der Waals surface area contributed by atoms with E-state index in [1.165, 1.54) is 41.8 Å². The van der Waals surface area contributed by atoms with E-state index in [0.717, 1.165) is 38.8 Å². The van der Waals surface area contributed by atoms with Gasteiger partial charge in [-0.2, -0.15) is 4.31 Å². The zero-order valence-corrected chi connectivity index (χ0v) is 20.1. The lowest BCUT2D eigenvalue weighted by Crippen LogP contribution is -2.42. The van der Waals surface area contributed by atoms with Gasteiger partial charge in [0.1, 0.15) is 0 Å². The van der Waals surface area contributed by atoms with Crippen LogP contribution in [0.15, 0.2) is 34.0 Å². The lowest BCUT2D eigenvalue weighted by molar-refractivity contribution is 0.0940. The van der Waals surface area contributed by atoms with Crippen LogP contribution in [0.25, 0.3) is 10.9 Å². The predicted octanol–water partition coefficient (Wildman–Crippen LogP) is 2.70. The maximum Gasteiger partial charge on any atom is 0.252 e. The number of hydrogen-bond acceptors (Lipinski definition) is 5. The number of aromatic nitrogens is 1. The number of amides is 1. The van der Waals surface area contributed by atoms with Crippen molar-refractivity contribution in [2.45, 2.75) is 62.8 Å². The fourth-order valence-corrected chi connectivity index (χ4v) is 6.45. The van der Waals surface area contributed by atoms with Crippen molar-refractivity contribution in [3.8, 4) is 0 Å². The molecule has 1 amide bonds. The van der Waals surface area contributed by atoms with Crippen molar-refractivity contribution in [2.75, 3.05) is 32.7 Å². The SMILES string of the molecule is C[C@@H]1CCCCN1CCNC(=O)c1cc(=O)[nH]c2ccc(S(=O)(=O)N3CCCCCC3)cc12. The van der Waals surface area contributed by atoms with Crippen LogP contribution >= 0.6 is 0 Å². The second-order valence-electron chi connectivity index (χ2n) is 9.21. The number of nitrogens with one attached hydrogen (secondary N) is 2. The molecule has 3 heterocycles. The van der Waals surface area contributed by atoms with Crippen LogP contribution in [-0.4, -0.2) is 67.3 Å². The summed E-state index contributed by atoms with van der Waals surface area (Å²) in [5, 5.41) is 3.36. The molecule has 4 rings (SSSR count). The Kier molecular flexibility index (Phi) is 7.51. The summed E-state index contributed by atoms with van der Waals surface area (Å²) in [6.07, 6.45) is 7.35. The molecule has 33 heavy (non-hydrogen) atoms. The summed E-state index contributed by atoms with van der Waals surface area (Å²) >= 11 is 0. The van der Waals surface area contributed by atoms with Crippen molar-refractivity contribution >= 4 is 26.8 Å². The molecule has 0 saturated carbocycles. The van der Waals surface area contributed by atoms with Gasteiger partial charge in [-0.3, -0.25) is 14.5 Å². The number of carbonyl (C=O) groups is 1. The summed E-state index contributed by atoms with van der Waals surface area (Å²) < 4.78 is 28.0. The summed E-state index contributed by atoms with van der Waals surface area (Å²) in [6.45, 7) is 5.48. The number of aromatic amines is 1. The van der Waals surface area contributed by atoms with Crippen molar-refractivity contribution in [3.05, 3.63) is 40.2 Å². The first-order chi connectivity index (χ1) is 15.9. The summed E-state index contributed by atoms with van der Waals surface area (Å²) in [7, 11) is -3.66. The normalized spacial score (nSPS) is 21.1. The molecule has 2 aliphatic rings. The van der Waals surface area contributed by atoms with Gasteiger partial charge in [0.2, 0.25) is 15.6 Å². The molecule has 2 saturated heterocycles. The van der Waals surface area contributed by atoms with Crippen LogP contribution in [0.4, 0.5) is 0 Å². The Labute approximate surface area is 195 Å². The van der Waals surface area contributed by atoms with Crippen LogP contribution in [0.3, 0.4) is 0 Å². The van der Waals surface area contributed by atoms with Crippen LogP contribution in [0.1, 0.15) is 62.2 Å². The number of sulfonamides is 1. The Morgan fingerprint density at radius 3 is 2.52 bits per heavy atom. The molecular weight excluding hydrogens is 440 g/mol. The van der Waals surface area contributed by atoms with E-state index < -0.39 is 10.0 Å². The number of pyridine rings is 1. The summed E-state index contributed by atoms with van der Waals surface area (Å²) in [4.78, 5) is 30.4. The van der Waals surface area contributed by atoms with Crippen LogP contribution in [0, 0.1) is 0 Å². The fourth-order valence-electron chi connectivity index (χ4n) is 4.91. The molecule has 2 aliphatic heterocycles. The lowest BCUT2D eigenvalue weighted by atomic mass is 10.0. The first kappa shape index (κ1) is 23.9. The van der Waals surface area contributed by atoms with Gasteiger partial charge >= 0.3 is 0 Å². The Hall–Kier alpha value is -2.23. The molecular formula is C24H34N4O4S. The van der Waals surface area contributed by atoms with E-state index in [2.05, 4.69) is 22.1 Å². The maximum absolute atomic E-state index is 13.3. The molecule has 0 unspecified atom stereocenters. The van der Waals surface area contributed by atoms with Gasteiger partial charge in [-0.1, -0.05) is 19.3 Å². The minimum Gasteiger partial charge on any atom is -0.351 e. The number of nitrogens with zero attached hydrogens (tertiary/aromatic N) is 2. The molecule has 1 aromatic carbocycles. The Morgan fingerprint density at radius 1 is 1.06 bits per heavy atom. The van der Waals surface area contributed by atoms with Gasteiger partial charge in [-0.25, -0.2) is 8.42 Å². The number of carbonyl (C=O) groups excluding carboxylic acids is 1. The number of likely N-dealkylation sites (tertiary alicyclic amines) is 1. The third-order valence-corrected chi connectivity index (χ3v) is 8.78. The predicted molar refractivity (Wildman–Crippen MR) is 129 cm³/mol. The number of benzene rings is 1. The topological polar surface area (TPSA) is 103 Å². The van der Waals surface area contributed by atoms with Crippen molar-refractivity contribution in [2.24, 2.45) is 0 Å². The monoisotopic (exact) mass is 474 g/mol. The number of H-pyrrole nitrogens is 1. The summed E-state index contributed by atoms with van der Waals surface area (Å²) in [6, 6.07) is 6.37. The van der Waals surface area contributed by atoms with Crippen LogP contribution in [0.5, 0.6) is 0 Å². The molecule has 2 N–H and O–H groups in total. The van der Waals surface area contributed by atoms with E-state index in [0.29, 0.717) is 36.6 Å². The Bertz CT molecular complexity index is 1150. The third-order valence-electron chi connectivity index (χ3n) is 6.89. The van der Waals surface area contributed by atoms with E-state index in [1.54, 1.807) is 6.07 Å². The van der Waals surface area contributed by atoms with Gasteiger partial charge in [0.05, 0.1) is 10.5 Å². The van der Waals surface area contributed by atoms with E-state index >= 15 is 0 Å². The van der Waals surface area contributed by atoms with E-state index in [9.17, 15) is 18.0 Å². The highest BCUT2D eigenvalue weighted by Crippen LogP contribution is 2.25. The molecule has 8 nitrogen and oxygen atoms in total. The minimum absolute atomic E-state index is 0.153. The highest BCUT2D eigenvalue weighted by molar-refractivity contribution is 7.89. The molecule has 1 atom stereocenters. The zero-order valence-electron chi connectivity index (χ0n) is 19.3. The van der Waals surface area contributed by atoms with Crippen LogP contribution in [0.2, 0.25) is 0 Å². The largest absolute Gasteiger partial charge is 0.351 e. The summed E-state index contributed by atoms with van der Waals surface area (Å²) in [5.74, 6) is -0.361. The van der Waals surface area contributed by atoms with Gasteiger partial charge in [0.15, 0.2) is 0 Å². The van der Waals surface area contributed by atoms with E-state index in [1.807, 2.05) is 0 Å². The third kappa shape index (κ3) is 5.47. The lowest BCUT2D eigenvalue weighted by Gasteiger charge is -2.33. The average Bonchev–Trinajstić information content (AvgIpc) is 3.09. The second-order valence-corrected chi connectivity index (χ2v) is 11.1. The van der Waals surface area contributed by atoms with Crippen LogP contribution in [-0.2, 0) is 10.0 Å². The number of fused-ring (bicyclic) bond motifs is 1. The fraction of sp³-hybridized carbons (Fsp3) is 0.583. The second kappa shape index (κ2) is 10.4. The van der Waals surface area contributed by atoms with E-state index in [-0.39, 0.29) is 21.9 Å². The number of hydrogen-bond donors (Lipinski definition) is 2. The van der Waals surface area contributed by atoms with Crippen molar-refractivity contribution in [1.82, 2.24) is 19.5 Å². The Morgan fingerprint density at radius 2 is 1.79 bits per heavy atom. The van der Waals surface area contributed by atoms with Crippen molar-refractivity contribution < 1.29 is 13.2 Å². The molecule has 0 bridgehead atoms. The minimum atomic E-state index is -3.66. The van der Waals surface area contributed by atoms with Crippen molar-refractivity contribution in [1.29, 1.82) is 0 Å². The highest BCUT2D eigenvalue weighted by Gasteiger charge is 2.26. The molecule has 180 valence electrons. The van der Waals surface area contributed by atoms with Crippen molar-refractivity contribution in [3.63, 3.8) is 0 Å². The highest BCUT2D eigenvalue weighted by atomic mass is 32.2. The average molecular weight is 475 g/mol.